The molecule has 0 bridgehead atoms. The molecule has 0 unspecified atom stereocenters. The van der Waals surface area contributed by atoms with E-state index in [4.69, 9.17) is 91.9 Å². The van der Waals surface area contributed by atoms with E-state index in [9.17, 15) is 0 Å². The molecule has 26 heteroatoms. The van der Waals surface area contributed by atoms with Gasteiger partial charge in [0.2, 0.25) is 0 Å². The van der Waals surface area contributed by atoms with Crippen molar-refractivity contribution >= 4 is 0 Å². The number of rotatable bonds is 0. The van der Waals surface area contributed by atoms with Crippen LogP contribution in [0.5, 0.6) is 0 Å². The number of hydrogen-bond donors (Lipinski definition) is 0. The molecule has 0 aromatic rings. The molecule has 0 amide bonds. The fourth-order valence-corrected chi connectivity index (χ4v) is 0. The zero-order valence-corrected chi connectivity index (χ0v) is 12.9. The molecule has 0 aromatic carbocycles. The van der Waals surface area contributed by atoms with Crippen molar-refractivity contribution in [2.24, 2.45) is 0 Å². The third-order valence-corrected chi connectivity index (χ3v) is 0. The van der Waals surface area contributed by atoms with Gasteiger partial charge in [-0.15, -0.1) is 0 Å². The van der Waals surface area contributed by atoms with Gasteiger partial charge in [-0.3, -0.25) is 0 Å². The average molecular weight is 486 g/mol. The SMILES string of the molecule is O.O=[N+]([O-])[O-].O=[N+]([O-])[O-].O=[N+]([O-])[O-].O=[N+]([O-])[O-].O=[N+]([O-])[O-].O=[N+]([O-])[O-].[Mo]. The Hall–Kier alpha value is -4.15. The van der Waals surface area contributed by atoms with Crippen LogP contribution in [0.2, 0.25) is 0 Å². The Labute approximate surface area is 150 Å². The van der Waals surface area contributed by atoms with Crippen LogP contribution in [0.3, 0.4) is 0 Å². The zero-order chi connectivity index (χ0) is 21.5. The van der Waals surface area contributed by atoms with Crippen molar-refractivity contribution in [1.82, 2.24) is 0 Å². The van der Waals surface area contributed by atoms with Crippen LogP contribution in [0.15, 0.2) is 0 Å². The van der Waals surface area contributed by atoms with Crippen LogP contribution in [-0.2, 0) is 21.1 Å². The van der Waals surface area contributed by atoms with Crippen molar-refractivity contribution < 1.29 is 57.1 Å². The fraction of sp³-hybridized carbons (Fsp3) is 0. The summed E-state index contributed by atoms with van der Waals surface area (Å²) in [5, 5.41) is 88.5. The van der Waals surface area contributed by atoms with Crippen molar-refractivity contribution in [3.8, 4) is 0 Å². The van der Waals surface area contributed by atoms with Gasteiger partial charge in [-0.1, -0.05) is 0 Å². The first-order valence-corrected chi connectivity index (χ1v) is 3.29. The molecule has 0 heterocycles. The fourth-order valence-electron chi connectivity index (χ4n) is 0. The van der Waals surface area contributed by atoms with E-state index < -0.39 is 30.5 Å². The second-order valence-corrected chi connectivity index (χ2v) is 1.34. The Balaban J connectivity index is -0.0000000245. The summed E-state index contributed by atoms with van der Waals surface area (Å²) < 4.78 is 0. The average Bonchev–Trinajstić information content (AvgIpc) is 2.08. The molecular formula is H2MoN6O19-6. The molecule has 0 aliphatic carbocycles. The van der Waals surface area contributed by atoms with Crippen LogP contribution >= 0.6 is 0 Å². The van der Waals surface area contributed by atoms with E-state index in [-0.39, 0.29) is 26.5 Å². The Bertz CT molecular complexity index is 257. The summed E-state index contributed by atoms with van der Waals surface area (Å²) in [6.45, 7) is 0. The van der Waals surface area contributed by atoms with Gasteiger partial charge in [0.1, 0.15) is 0 Å². The molecule has 0 rings (SSSR count). The minimum atomic E-state index is -1.75. The topological polar surface area (TPSA) is 429 Å². The first-order valence-electron chi connectivity index (χ1n) is 3.29. The third kappa shape index (κ3) is 409. The molecule has 26 heavy (non-hydrogen) atoms. The normalized spacial score (nSPS) is 5.54. The van der Waals surface area contributed by atoms with Crippen LogP contribution < -0.4 is 0 Å². The zero-order valence-electron chi connectivity index (χ0n) is 10.9. The Morgan fingerprint density at radius 1 is 0.308 bits per heavy atom. The van der Waals surface area contributed by atoms with Gasteiger partial charge in [-0.05, 0) is 0 Å². The van der Waals surface area contributed by atoms with E-state index in [0.29, 0.717) is 0 Å². The molecule has 0 saturated carbocycles. The van der Waals surface area contributed by atoms with Gasteiger partial charge in [0.15, 0.2) is 0 Å². The molecule has 2 N–H and O–H groups in total. The third-order valence-electron chi connectivity index (χ3n) is 0. The number of nitrogens with zero attached hydrogens (tertiary/aromatic N) is 6. The predicted octanol–water partition coefficient (Wildman–Crippen LogP) is -2.26. The van der Waals surface area contributed by atoms with Crippen LogP contribution in [-0.4, -0.2) is 36.0 Å². The predicted molar refractivity (Wildman–Crippen MR) is 65.8 cm³/mol. The first kappa shape index (κ1) is 49.5. The minimum Gasteiger partial charge on any atom is -0.412 e. The summed E-state index contributed by atoms with van der Waals surface area (Å²) in [7, 11) is 0. The van der Waals surface area contributed by atoms with Crippen LogP contribution in [0, 0.1) is 91.9 Å². The molecule has 0 spiro atoms. The second kappa shape index (κ2) is 42.8. The summed E-state index contributed by atoms with van der Waals surface area (Å²) >= 11 is 0. The van der Waals surface area contributed by atoms with E-state index in [0.717, 1.165) is 0 Å². The smallest absolute Gasteiger partial charge is 0.0689 e. The molecule has 158 valence electrons. The van der Waals surface area contributed by atoms with Crippen molar-refractivity contribution in [2.75, 3.05) is 0 Å². The first-order chi connectivity index (χ1) is 10.4. The molecule has 0 saturated heterocycles. The summed E-state index contributed by atoms with van der Waals surface area (Å²) in [5.41, 5.74) is 0. The summed E-state index contributed by atoms with van der Waals surface area (Å²) in [6.07, 6.45) is 0. The summed E-state index contributed by atoms with van der Waals surface area (Å²) in [5.74, 6) is 0. The molecule has 0 aliphatic heterocycles. The van der Waals surface area contributed by atoms with Crippen LogP contribution in [0.1, 0.15) is 0 Å². The van der Waals surface area contributed by atoms with Gasteiger partial charge in [-0.25, -0.2) is 0 Å². The van der Waals surface area contributed by atoms with Crippen molar-refractivity contribution in [3.63, 3.8) is 0 Å². The molecule has 0 radical (unpaired) electrons. The molecule has 0 atom stereocenters. The Morgan fingerprint density at radius 2 is 0.308 bits per heavy atom. The van der Waals surface area contributed by atoms with E-state index in [2.05, 4.69) is 0 Å². The largest absolute Gasteiger partial charge is 0.412 e. The summed E-state index contributed by atoms with van der Waals surface area (Å²) in [4.78, 5) is 49.5. The van der Waals surface area contributed by atoms with Crippen LogP contribution in [0.25, 0.3) is 0 Å². The minimum absolute atomic E-state index is 0. The maximum atomic E-state index is 8.25. The molecular weight excluding hydrogens is 484 g/mol. The number of hydrogen-bond acceptors (Lipinski definition) is 18. The second-order valence-electron chi connectivity index (χ2n) is 1.34. The maximum absolute atomic E-state index is 8.25. The van der Waals surface area contributed by atoms with Gasteiger partial charge < -0.3 is 97.4 Å². The van der Waals surface area contributed by atoms with Gasteiger partial charge in [0.25, 0.3) is 0 Å². The Morgan fingerprint density at radius 3 is 0.308 bits per heavy atom. The summed E-state index contributed by atoms with van der Waals surface area (Å²) in [6, 6.07) is 0. The Kier molecular flexibility index (Phi) is 81.6. The van der Waals surface area contributed by atoms with Gasteiger partial charge in [0.05, 0.1) is 30.5 Å². The van der Waals surface area contributed by atoms with Gasteiger partial charge >= 0.3 is 0 Å². The van der Waals surface area contributed by atoms with E-state index in [1.807, 2.05) is 0 Å². The van der Waals surface area contributed by atoms with Crippen molar-refractivity contribution in [1.29, 1.82) is 0 Å². The molecule has 0 aliphatic rings. The van der Waals surface area contributed by atoms with Gasteiger partial charge in [-0.2, -0.15) is 0 Å². The van der Waals surface area contributed by atoms with Gasteiger partial charge in [0, 0.05) is 21.1 Å². The van der Waals surface area contributed by atoms with E-state index in [1.165, 1.54) is 0 Å². The van der Waals surface area contributed by atoms with E-state index >= 15 is 0 Å². The van der Waals surface area contributed by atoms with Crippen molar-refractivity contribution in [3.05, 3.63) is 91.9 Å². The quantitative estimate of drug-likeness (QED) is 0.198. The van der Waals surface area contributed by atoms with Crippen LogP contribution in [0.4, 0.5) is 0 Å². The van der Waals surface area contributed by atoms with Crippen molar-refractivity contribution in [2.45, 2.75) is 0 Å². The standard InChI is InChI=1S/Mo.6NO3.H2O/c;6*2-1(3)4;/h;;;;;;;1H2/q;6*-1;. The maximum Gasteiger partial charge on any atom is 0.0689 e. The molecule has 0 fully saturated rings. The van der Waals surface area contributed by atoms with E-state index in [1.54, 1.807) is 0 Å². The molecule has 25 nitrogen and oxygen atoms in total. The molecule has 0 aromatic heterocycles. The monoisotopic (exact) mass is 488 g/mol.